The lowest BCUT2D eigenvalue weighted by molar-refractivity contribution is 0.0925. The van der Waals surface area contributed by atoms with Crippen LogP contribution in [0.25, 0.3) is 0 Å². The van der Waals surface area contributed by atoms with Crippen LogP contribution in [-0.2, 0) is 6.42 Å². The molecule has 1 atom stereocenters. The molecule has 1 heterocycles. The van der Waals surface area contributed by atoms with Crippen molar-refractivity contribution >= 4 is 17.5 Å². The molecule has 92 valence electrons. The molecule has 1 aliphatic rings. The average molecular weight is 249 g/mol. The summed E-state index contributed by atoms with van der Waals surface area (Å²) in [4.78, 5) is 13.5. The number of aryl methyl sites for hydroxylation is 1. The summed E-state index contributed by atoms with van der Waals surface area (Å²) in [7, 11) is 0. The summed E-state index contributed by atoms with van der Waals surface area (Å²) < 4.78 is 0. The molecule has 1 unspecified atom stereocenters. The molecule has 2 nitrogen and oxygen atoms in total. The van der Waals surface area contributed by atoms with E-state index in [1.54, 1.807) is 0 Å². The minimum absolute atomic E-state index is 0.0364. The highest BCUT2D eigenvalue weighted by atomic mass is 32.2. The number of fused-ring (bicyclic) bond motifs is 1. The van der Waals surface area contributed by atoms with Gasteiger partial charge in [-0.25, -0.2) is 0 Å². The SMILES string of the molecule is CC(CCN)C(=O)c1ccc2c(c1)CCCS2. The molecule has 2 rings (SSSR count). The summed E-state index contributed by atoms with van der Waals surface area (Å²) in [6.07, 6.45) is 3.09. The van der Waals surface area contributed by atoms with Gasteiger partial charge in [-0.3, -0.25) is 4.79 Å². The number of hydrogen-bond donors (Lipinski definition) is 1. The fourth-order valence-corrected chi connectivity index (χ4v) is 3.20. The lowest BCUT2D eigenvalue weighted by Crippen LogP contribution is -2.16. The van der Waals surface area contributed by atoms with Crippen LogP contribution in [0.3, 0.4) is 0 Å². The summed E-state index contributed by atoms with van der Waals surface area (Å²) in [5.41, 5.74) is 7.69. The van der Waals surface area contributed by atoms with Crippen LogP contribution in [0.4, 0.5) is 0 Å². The van der Waals surface area contributed by atoms with Crippen molar-refractivity contribution in [2.45, 2.75) is 31.1 Å². The van der Waals surface area contributed by atoms with Crippen LogP contribution in [0.15, 0.2) is 23.1 Å². The Balaban J connectivity index is 2.19. The van der Waals surface area contributed by atoms with Gasteiger partial charge < -0.3 is 5.73 Å². The maximum absolute atomic E-state index is 12.2. The van der Waals surface area contributed by atoms with Crippen LogP contribution in [0.2, 0.25) is 0 Å². The number of carbonyl (C=O) groups excluding carboxylic acids is 1. The highest BCUT2D eigenvalue weighted by molar-refractivity contribution is 7.99. The quantitative estimate of drug-likeness (QED) is 0.834. The van der Waals surface area contributed by atoms with E-state index in [9.17, 15) is 4.79 Å². The fourth-order valence-electron chi connectivity index (χ4n) is 2.18. The van der Waals surface area contributed by atoms with Crippen LogP contribution in [-0.4, -0.2) is 18.1 Å². The Morgan fingerprint density at radius 2 is 2.35 bits per heavy atom. The Morgan fingerprint density at radius 3 is 3.12 bits per heavy atom. The molecule has 0 saturated carbocycles. The van der Waals surface area contributed by atoms with Gasteiger partial charge in [-0.1, -0.05) is 13.0 Å². The number of Topliss-reactive ketones (excluding diaryl/α,β-unsaturated/α-hetero) is 1. The van der Waals surface area contributed by atoms with E-state index in [2.05, 4.69) is 12.1 Å². The zero-order valence-corrected chi connectivity index (χ0v) is 11.1. The van der Waals surface area contributed by atoms with Crippen LogP contribution in [0.5, 0.6) is 0 Å². The number of benzene rings is 1. The molecule has 17 heavy (non-hydrogen) atoms. The molecule has 3 heteroatoms. The summed E-state index contributed by atoms with van der Waals surface area (Å²) in [6.45, 7) is 2.54. The van der Waals surface area contributed by atoms with Crippen molar-refractivity contribution in [3.8, 4) is 0 Å². The van der Waals surface area contributed by atoms with Gasteiger partial charge in [-0.15, -0.1) is 11.8 Å². The molecule has 1 aromatic rings. The first-order valence-corrected chi connectivity index (χ1v) is 7.21. The maximum Gasteiger partial charge on any atom is 0.165 e. The van der Waals surface area contributed by atoms with E-state index >= 15 is 0 Å². The first-order chi connectivity index (χ1) is 8.22. The van der Waals surface area contributed by atoms with Crippen LogP contribution < -0.4 is 5.73 Å². The Labute approximate surface area is 107 Å². The van der Waals surface area contributed by atoms with E-state index in [4.69, 9.17) is 5.73 Å². The summed E-state index contributed by atoms with van der Waals surface area (Å²) in [5.74, 6) is 1.47. The molecule has 1 aromatic carbocycles. The topological polar surface area (TPSA) is 43.1 Å². The van der Waals surface area contributed by atoms with Gasteiger partial charge in [-0.05, 0) is 49.3 Å². The molecule has 0 saturated heterocycles. The number of rotatable bonds is 4. The maximum atomic E-state index is 12.2. The molecular formula is C14H19NOS. The Morgan fingerprint density at radius 1 is 1.53 bits per heavy atom. The Bertz CT molecular complexity index is 417. The monoisotopic (exact) mass is 249 g/mol. The largest absolute Gasteiger partial charge is 0.330 e. The van der Waals surface area contributed by atoms with Gasteiger partial charge in [0.15, 0.2) is 5.78 Å². The van der Waals surface area contributed by atoms with Crippen molar-refractivity contribution in [2.24, 2.45) is 11.7 Å². The zero-order valence-electron chi connectivity index (χ0n) is 10.2. The van der Waals surface area contributed by atoms with E-state index in [-0.39, 0.29) is 11.7 Å². The van der Waals surface area contributed by atoms with E-state index < -0.39 is 0 Å². The van der Waals surface area contributed by atoms with E-state index in [1.165, 1.54) is 22.6 Å². The Kier molecular flexibility index (Phi) is 4.24. The summed E-state index contributed by atoms with van der Waals surface area (Å²) >= 11 is 1.90. The fraction of sp³-hybridized carbons (Fsp3) is 0.500. The highest BCUT2D eigenvalue weighted by Crippen LogP contribution is 2.31. The van der Waals surface area contributed by atoms with Crippen LogP contribution in [0.1, 0.15) is 35.7 Å². The van der Waals surface area contributed by atoms with Crippen molar-refractivity contribution in [2.75, 3.05) is 12.3 Å². The normalized spacial score (nSPS) is 16.4. The number of ketones is 1. The standard InChI is InChI=1S/C14H19NOS/c1-10(6-7-15)14(16)12-4-5-13-11(9-12)3-2-8-17-13/h4-5,9-10H,2-3,6-8,15H2,1H3. The minimum Gasteiger partial charge on any atom is -0.330 e. The van der Waals surface area contributed by atoms with Crippen LogP contribution >= 0.6 is 11.8 Å². The van der Waals surface area contributed by atoms with E-state index in [0.717, 1.165) is 18.4 Å². The number of thioether (sulfide) groups is 1. The molecule has 0 aliphatic carbocycles. The molecule has 0 bridgehead atoms. The van der Waals surface area contributed by atoms with E-state index in [1.807, 2.05) is 24.8 Å². The van der Waals surface area contributed by atoms with Crippen molar-refractivity contribution in [3.05, 3.63) is 29.3 Å². The predicted octanol–water partition coefficient (Wildman–Crippen LogP) is 2.89. The zero-order chi connectivity index (χ0) is 12.3. The summed E-state index contributed by atoms with van der Waals surface area (Å²) in [5, 5.41) is 0. The second-order valence-corrected chi connectivity index (χ2v) is 5.75. The molecule has 0 fully saturated rings. The second-order valence-electron chi connectivity index (χ2n) is 4.62. The van der Waals surface area contributed by atoms with Gasteiger partial charge in [-0.2, -0.15) is 0 Å². The molecule has 0 amide bonds. The lowest BCUT2D eigenvalue weighted by atomic mass is 9.94. The number of hydrogen-bond acceptors (Lipinski definition) is 3. The first kappa shape index (κ1) is 12.7. The highest BCUT2D eigenvalue weighted by Gasteiger charge is 2.17. The number of nitrogens with two attached hydrogens (primary N) is 1. The Hall–Kier alpha value is -0.800. The van der Waals surface area contributed by atoms with Crippen molar-refractivity contribution in [1.29, 1.82) is 0 Å². The smallest absolute Gasteiger partial charge is 0.165 e. The van der Waals surface area contributed by atoms with Gasteiger partial charge in [0.25, 0.3) is 0 Å². The van der Waals surface area contributed by atoms with Gasteiger partial charge in [0, 0.05) is 16.4 Å². The van der Waals surface area contributed by atoms with Gasteiger partial charge in [0.2, 0.25) is 0 Å². The third-order valence-electron chi connectivity index (χ3n) is 3.24. The van der Waals surface area contributed by atoms with Crippen molar-refractivity contribution < 1.29 is 4.79 Å². The summed E-state index contributed by atoms with van der Waals surface area (Å²) in [6, 6.07) is 6.14. The van der Waals surface area contributed by atoms with Gasteiger partial charge >= 0.3 is 0 Å². The minimum atomic E-state index is 0.0364. The molecule has 2 N–H and O–H groups in total. The third kappa shape index (κ3) is 2.90. The van der Waals surface area contributed by atoms with Crippen molar-refractivity contribution in [1.82, 2.24) is 0 Å². The molecule has 0 spiro atoms. The second kappa shape index (κ2) is 5.69. The first-order valence-electron chi connectivity index (χ1n) is 6.22. The molecular weight excluding hydrogens is 230 g/mol. The molecule has 1 aliphatic heterocycles. The number of carbonyl (C=O) groups is 1. The molecule has 0 radical (unpaired) electrons. The van der Waals surface area contributed by atoms with Gasteiger partial charge in [0.05, 0.1) is 0 Å². The van der Waals surface area contributed by atoms with Gasteiger partial charge in [0.1, 0.15) is 0 Å². The lowest BCUT2D eigenvalue weighted by Gasteiger charge is -2.16. The predicted molar refractivity (Wildman–Crippen MR) is 72.7 cm³/mol. The average Bonchev–Trinajstić information content (AvgIpc) is 2.37. The van der Waals surface area contributed by atoms with Crippen molar-refractivity contribution in [3.63, 3.8) is 0 Å². The molecule has 0 aromatic heterocycles. The van der Waals surface area contributed by atoms with Crippen LogP contribution in [0, 0.1) is 5.92 Å². The van der Waals surface area contributed by atoms with E-state index in [0.29, 0.717) is 6.54 Å². The third-order valence-corrected chi connectivity index (χ3v) is 4.44.